The van der Waals surface area contributed by atoms with Crippen LogP contribution >= 0.6 is 0 Å². The lowest BCUT2D eigenvalue weighted by Gasteiger charge is -1.86. The van der Waals surface area contributed by atoms with Crippen molar-refractivity contribution in [3.63, 3.8) is 0 Å². The van der Waals surface area contributed by atoms with Crippen molar-refractivity contribution < 1.29 is 0 Å². The van der Waals surface area contributed by atoms with E-state index in [0.29, 0.717) is 0 Å². The third kappa shape index (κ3) is 1.05. The van der Waals surface area contributed by atoms with Gasteiger partial charge in [-0.3, -0.25) is 0 Å². The van der Waals surface area contributed by atoms with Crippen molar-refractivity contribution in [1.29, 1.82) is 0 Å². The molecule has 1 aliphatic carbocycles. The zero-order valence-electron chi connectivity index (χ0n) is 4.83. The zero-order valence-corrected chi connectivity index (χ0v) is 4.83. The Morgan fingerprint density at radius 1 is 1.71 bits per heavy atom. The van der Waals surface area contributed by atoms with E-state index in [1.165, 1.54) is 18.4 Å². The van der Waals surface area contributed by atoms with Gasteiger partial charge in [0.15, 0.2) is 0 Å². The Balaban J connectivity index is 2.49. The first-order valence-corrected chi connectivity index (χ1v) is 2.81. The van der Waals surface area contributed by atoms with Crippen LogP contribution in [0.2, 0.25) is 0 Å². The second-order valence-electron chi connectivity index (χ2n) is 2.13. The van der Waals surface area contributed by atoms with Crippen LogP contribution in [0.25, 0.3) is 0 Å². The number of rotatable bonds is 1. The number of hydrogen-bond acceptors (Lipinski definition) is 0. The molecule has 0 spiro atoms. The van der Waals surface area contributed by atoms with Gasteiger partial charge in [0.25, 0.3) is 0 Å². The minimum atomic E-state index is 1.01. The summed E-state index contributed by atoms with van der Waals surface area (Å²) in [5.41, 5.74) is 3.16. The predicted molar refractivity (Wildman–Crippen MR) is 31.9 cm³/mol. The Kier molecular flexibility index (Phi) is 1.18. The Labute approximate surface area is 45.2 Å². The molecule has 0 bridgehead atoms. The molecule has 0 heterocycles. The zero-order chi connectivity index (χ0) is 5.28. The van der Waals surface area contributed by atoms with Gasteiger partial charge in [-0.15, -0.1) is 0 Å². The van der Waals surface area contributed by atoms with Crippen LogP contribution in [0.3, 0.4) is 0 Å². The van der Waals surface area contributed by atoms with E-state index >= 15 is 0 Å². The molecule has 1 aliphatic rings. The largest absolute Gasteiger partial charge is 0.0741 e. The van der Waals surface area contributed by atoms with Gasteiger partial charge in [-0.05, 0) is 33.1 Å². The minimum Gasteiger partial charge on any atom is -0.0741 e. The lowest BCUT2D eigenvalue weighted by atomic mass is 10.2. The molecule has 0 heteroatoms. The van der Waals surface area contributed by atoms with Crippen molar-refractivity contribution in [2.75, 3.05) is 0 Å². The van der Waals surface area contributed by atoms with Gasteiger partial charge in [-0.2, -0.15) is 0 Å². The van der Waals surface area contributed by atoms with Crippen molar-refractivity contribution >= 4 is 0 Å². The van der Waals surface area contributed by atoms with Crippen LogP contribution in [-0.4, -0.2) is 0 Å². The Morgan fingerprint density at radius 3 is 2.43 bits per heavy atom. The summed E-state index contributed by atoms with van der Waals surface area (Å²) in [6.45, 7) is 5.96. The molecule has 0 amide bonds. The molecule has 1 radical (unpaired) electrons. The maximum Gasteiger partial charge on any atom is -0.0280 e. The van der Waals surface area contributed by atoms with Gasteiger partial charge in [0.2, 0.25) is 0 Å². The lowest BCUT2D eigenvalue weighted by Crippen LogP contribution is -1.66. The van der Waals surface area contributed by atoms with Crippen LogP contribution in [0, 0.1) is 6.92 Å². The SMILES string of the molecule is [CH2]CC(C)=C1CC1. The monoisotopic (exact) mass is 95.1 g/mol. The molecule has 0 aliphatic heterocycles. The molecule has 0 atom stereocenters. The fourth-order valence-corrected chi connectivity index (χ4v) is 0.666. The first-order valence-electron chi connectivity index (χ1n) is 2.81. The normalized spacial score (nSPS) is 17.1. The standard InChI is InChI=1S/C7H11/c1-3-6(2)7-4-5-7/h1,3-5H2,2H3. The molecule has 0 aromatic carbocycles. The average molecular weight is 95.2 g/mol. The maximum absolute atomic E-state index is 3.79. The van der Waals surface area contributed by atoms with Crippen LogP contribution < -0.4 is 0 Å². The van der Waals surface area contributed by atoms with E-state index in [1.54, 1.807) is 5.57 Å². The summed E-state index contributed by atoms with van der Waals surface area (Å²) in [6, 6.07) is 0. The van der Waals surface area contributed by atoms with Crippen LogP contribution in [-0.2, 0) is 0 Å². The van der Waals surface area contributed by atoms with Crippen LogP contribution in [0.15, 0.2) is 11.1 Å². The molecule has 0 aromatic rings. The summed E-state index contributed by atoms with van der Waals surface area (Å²) in [7, 11) is 0. The van der Waals surface area contributed by atoms with Crippen molar-refractivity contribution in [3.05, 3.63) is 18.1 Å². The highest BCUT2D eigenvalue weighted by atomic mass is 14.2. The highest BCUT2D eigenvalue weighted by Gasteiger charge is 2.12. The van der Waals surface area contributed by atoms with E-state index in [0.717, 1.165) is 6.42 Å². The molecule has 0 nitrogen and oxygen atoms in total. The molecular weight excluding hydrogens is 84.1 g/mol. The number of allylic oxidation sites excluding steroid dienone is 2. The molecule has 0 unspecified atom stereocenters. The fourth-order valence-electron chi connectivity index (χ4n) is 0.666. The topological polar surface area (TPSA) is 0 Å². The summed E-state index contributed by atoms with van der Waals surface area (Å²) in [5.74, 6) is 0. The van der Waals surface area contributed by atoms with Crippen molar-refractivity contribution in [3.8, 4) is 0 Å². The van der Waals surface area contributed by atoms with Gasteiger partial charge < -0.3 is 0 Å². The summed E-state index contributed by atoms with van der Waals surface area (Å²) >= 11 is 0. The second-order valence-corrected chi connectivity index (χ2v) is 2.13. The van der Waals surface area contributed by atoms with Gasteiger partial charge in [0, 0.05) is 0 Å². The van der Waals surface area contributed by atoms with E-state index in [1.807, 2.05) is 0 Å². The molecule has 1 rings (SSSR count). The van der Waals surface area contributed by atoms with E-state index in [4.69, 9.17) is 0 Å². The third-order valence-electron chi connectivity index (χ3n) is 1.48. The quantitative estimate of drug-likeness (QED) is 0.438. The van der Waals surface area contributed by atoms with Crippen molar-refractivity contribution in [2.24, 2.45) is 0 Å². The average Bonchev–Trinajstić information content (AvgIpc) is 2.44. The molecule has 39 valence electrons. The van der Waals surface area contributed by atoms with E-state index in [-0.39, 0.29) is 0 Å². The third-order valence-corrected chi connectivity index (χ3v) is 1.48. The van der Waals surface area contributed by atoms with Crippen molar-refractivity contribution in [2.45, 2.75) is 26.2 Å². The highest BCUT2D eigenvalue weighted by molar-refractivity contribution is 5.23. The Morgan fingerprint density at radius 2 is 2.29 bits per heavy atom. The number of hydrogen-bond donors (Lipinski definition) is 0. The first-order chi connectivity index (χ1) is 3.34. The highest BCUT2D eigenvalue weighted by Crippen LogP contribution is 2.32. The maximum atomic E-state index is 3.79. The summed E-state index contributed by atoms with van der Waals surface area (Å²) in [4.78, 5) is 0. The van der Waals surface area contributed by atoms with Crippen LogP contribution in [0.4, 0.5) is 0 Å². The van der Waals surface area contributed by atoms with Crippen LogP contribution in [0.5, 0.6) is 0 Å². The smallest absolute Gasteiger partial charge is 0.0280 e. The molecule has 0 saturated heterocycles. The fraction of sp³-hybridized carbons (Fsp3) is 0.571. The van der Waals surface area contributed by atoms with Crippen molar-refractivity contribution in [1.82, 2.24) is 0 Å². The van der Waals surface area contributed by atoms with Gasteiger partial charge in [0.05, 0.1) is 0 Å². The Hall–Kier alpha value is -0.260. The molecular formula is C7H11. The summed E-state index contributed by atoms with van der Waals surface area (Å²) in [6.07, 6.45) is 3.71. The second kappa shape index (κ2) is 1.69. The van der Waals surface area contributed by atoms with Gasteiger partial charge >= 0.3 is 0 Å². The molecule has 7 heavy (non-hydrogen) atoms. The van der Waals surface area contributed by atoms with Gasteiger partial charge in [0.1, 0.15) is 0 Å². The van der Waals surface area contributed by atoms with Gasteiger partial charge in [-0.25, -0.2) is 0 Å². The lowest BCUT2D eigenvalue weighted by molar-refractivity contribution is 1.19. The molecule has 0 N–H and O–H groups in total. The van der Waals surface area contributed by atoms with E-state index in [9.17, 15) is 0 Å². The Bertz CT molecular complexity index is 92.6. The molecule has 0 aromatic heterocycles. The van der Waals surface area contributed by atoms with E-state index < -0.39 is 0 Å². The molecule has 1 saturated carbocycles. The van der Waals surface area contributed by atoms with Gasteiger partial charge in [-0.1, -0.05) is 11.1 Å². The van der Waals surface area contributed by atoms with E-state index in [2.05, 4.69) is 13.8 Å². The minimum absolute atomic E-state index is 1.01. The first kappa shape index (κ1) is 4.89. The van der Waals surface area contributed by atoms with Crippen LogP contribution in [0.1, 0.15) is 26.2 Å². The predicted octanol–water partition coefficient (Wildman–Crippen LogP) is 2.32. The molecule has 1 fully saturated rings. The summed E-state index contributed by atoms with van der Waals surface area (Å²) in [5, 5.41) is 0. The summed E-state index contributed by atoms with van der Waals surface area (Å²) < 4.78 is 0.